The molecule has 2 N–H and O–H groups in total. The largest absolute Gasteiger partial charge is 0.451 e. The Balaban J connectivity index is 1.47. The van der Waals surface area contributed by atoms with Crippen LogP contribution in [0.4, 0.5) is 0 Å². The Morgan fingerprint density at radius 1 is 0.923 bits per heavy atom. The van der Waals surface area contributed by atoms with E-state index in [2.05, 4.69) is 10.9 Å². The summed E-state index contributed by atoms with van der Waals surface area (Å²) in [6.07, 6.45) is 4.42. The lowest BCUT2D eigenvalue weighted by Gasteiger charge is -2.16. The SMILES string of the molecule is Cc1c(C(=O)NNC(=O)c2ccc3c(c2)CCCC3)oc2ccccc12. The lowest BCUT2D eigenvalue weighted by molar-refractivity contribution is 0.0831. The molecule has 2 aromatic carbocycles. The first-order chi connectivity index (χ1) is 12.6. The van der Waals surface area contributed by atoms with Crippen molar-refractivity contribution in [2.24, 2.45) is 0 Å². The number of hydrazine groups is 1. The highest BCUT2D eigenvalue weighted by atomic mass is 16.3. The molecular formula is C21H20N2O3. The predicted molar refractivity (Wildman–Crippen MR) is 99.0 cm³/mol. The van der Waals surface area contributed by atoms with Crippen LogP contribution in [0, 0.1) is 6.92 Å². The molecule has 26 heavy (non-hydrogen) atoms. The molecule has 2 amide bonds. The van der Waals surface area contributed by atoms with E-state index in [1.54, 1.807) is 6.07 Å². The van der Waals surface area contributed by atoms with Gasteiger partial charge in [-0.1, -0.05) is 24.3 Å². The Morgan fingerprint density at radius 3 is 2.46 bits per heavy atom. The van der Waals surface area contributed by atoms with E-state index in [4.69, 9.17) is 4.42 Å². The van der Waals surface area contributed by atoms with Gasteiger partial charge in [0.15, 0.2) is 5.76 Å². The van der Waals surface area contributed by atoms with Gasteiger partial charge >= 0.3 is 5.91 Å². The lowest BCUT2D eigenvalue weighted by atomic mass is 9.90. The van der Waals surface area contributed by atoms with E-state index >= 15 is 0 Å². The number of nitrogens with one attached hydrogen (secondary N) is 2. The number of amides is 2. The molecule has 5 nitrogen and oxygen atoms in total. The number of para-hydroxylation sites is 1. The van der Waals surface area contributed by atoms with E-state index in [1.165, 1.54) is 17.5 Å². The van der Waals surface area contributed by atoms with Crippen molar-refractivity contribution in [2.45, 2.75) is 32.6 Å². The third kappa shape index (κ3) is 2.96. The van der Waals surface area contributed by atoms with Gasteiger partial charge in [0.25, 0.3) is 5.91 Å². The van der Waals surface area contributed by atoms with Crippen LogP contribution in [0.25, 0.3) is 11.0 Å². The lowest BCUT2D eigenvalue weighted by Crippen LogP contribution is -2.41. The van der Waals surface area contributed by atoms with Crippen LogP contribution in [0.1, 0.15) is 50.4 Å². The number of benzene rings is 2. The molecule has 1 aliphatic carbocycles. The zero-order valence-electron chi connectivity index (χ0n) is 14.6. The fourth-order valence-corrected chi connectivity index (χ4v) is 3.51. The van der Waals surface area contributed by atoms with E-state index < -0.39 is 5.91 Å². The Labute approximate surface area is 151 Å². The molecule has 132 valence electrons. The highest BCUT2D eigenvalue weighted by Gasteiger charge is 2.18. The van der Waals surface area contributed by atoms with E-state index in [-0.39, 0.29) is 11.7 Å². The maximum absolute atomic E-state index is 12.4. The predicted octanol–water partition coefficient (Wildman–Crippen LogP) is 3.69. The first-order valence-corrected chi connectivity index (χ1v) is 8.84. The Bertz CT molecular complexity index is 1000. The number of aryl methyl sites for hydroxylation is 3. The molecule has 5 heteroatoms. The molecule has 0 fully saturated rings. The zero-order valence-corrected chi connectivity index (χ0v) is 14.6. The van der Waals surface area contributed by atoms with Gasteiger partial charge in [-0.05, 0) is 61.9 Å². The van der Waals surface area contributed by atoms with Crippen molar-refractivity contribution in [3.05, 3.63) is 70.5 Å². The van der Waals surface area contributed by atoms with Gasteiger partial charge in [0.2, 0.25) is 0 Å². The molecule has 0 spiro atoms. The second kappa shape index (κ2) is 6.67. The maximum Gasteiger partial charge on any atom is 0.305 e. The first-order valence-electron chi connectivity index (χ1n) is 8.84. The van der Waals surface area contributed by atoms with Crippen LogP contribution in [-0.2, 0) is 12.8 Å². The van der Waals surface area contributed by atoms with Crippen LogP contribution >= 0.6 is 0 Å². The van der Waals surface area contributed by atoms with Gasteiger partial charge in [0.05, 0.1) is 0 Å². The molecule has 0 atom stereocenters. The van der Waals surface area contributed by atoms with Crippen molar-refractivity contribution in [3.8, 4) is 0 Å². The molecule has 1 heterocycles. The van der Waals surface area contributed by atoms with Gasteiger partial charge in [-0.25, -0.2) is 0 Å². The number of fused-ring (bicyclic) bond motifs is 2. The topological polar surface area (TPSA) is 71.3 Å². The van der Waals surface area contributed by atoms with Crippen molar-refractivity contribution < 1.29 is 14.0 Å². The first kappa shape index (κ1) is 16.4. The second-order valence-corrected chi connectivity index (χ2v) is 6.65. The van der Waals surface area contributed by atoms with Gasteiger partial charge in [-0.2, -0.15) is 0 Å². The van der Waals surface area contributed by atoms with Crippen LogP contribution in [0.2, 0.25) is 0 Å². The Kier molecular flexibility index (Phi) is 4.21. The minimum Gasteiger partial charge on any atom is -0.451 e. The minimum atomic E-state index is -0.468. The maximum atomic E-state index is 12.4. The van der Waals surface area contributed by atoms with Crippen LogP contribution in [0.5, 0.6) is 0 Å². The quantitative estimate of drug-likeness (QED) is 0.694. The molecule has 0 bridgehead atoms. The number of furan rings is 1. The fourth-order valence-electron chi connectivity index (χ4n) is 3.51. The zero-order chi connectivity index (χ0) is 18.1. The molecule has 1 aliphatic rings. The Hall–Kier alpha value is -3.08. The highest BCUT2D eigenvalue weighted by Crippen LogP contribution is 2.25. The van der Waals surface area contributed by atoms with Crippen LogP contribution in [0.15, 0.2) is 46.9 Å². The van der Waals surface area contributed by atoms with Gasteiger partial charge in [0, 0.05) is 16.5 Å². The normalized spacial score (nSPS) is 13.3. The van der Waals surface area contributed by atoms with Gasteiger partial charge < -0.3 is 4.42 Å². The molecule has 0 radical (unpaired) electrons. The minimum absolute atomic E-state index is 0.206. The van der Waals surface area contributed by atoms with Crippen LogP contribution in [-0.4, -0.2) is 11.8 Å². The number of hydrogen-bond donors (Lipinski definition) is 2. The fraction of sp³-hybridized carbons (Fsp3) is 0.238. The standard InChI is InChI=1S/C21H20N2O3/c1-13-17-8-4-5-9-18(17)26-19(13)21(25)23-22-20(24)16-11-10-14-6-2-3-7-15(14)12-16/h4-5,8-12H,2-3,6-7H2,1H3,(H,22,24)(H,23,25). The molecular weight excluding hydrogens is 328 g/mol. The summed E-state index contributed by atoms with van der Waals surface area (Å²) in [6.45, 7) is 1.83. The summed E-state index contributed by atoms with van der Waals surface area (Å²) < 4.78 is 5.61. The summed E-state index contributed by atoms with van der Waals surface area (Å²) in [5.41, 5.74) is 9.41. The van der Waals surface area contributed by atoms with E-state index in [0.29, 0.717) is 11.1 Å². The Morgan fingerprint density at radius 2 is 1.65 bits per heavy atom. The molecule has 1 aromatic heterocycles. The number of rotatable bonds is 2. The summed E-state index contributed by atoms with van der Waals surface area (Å²) >= 11 is 0. The third-order valence-corrected chi connectivity index (χ3v) is 4.95. The second-order valence-electron chi connectivity index (χ2n) is 6.65. The number of carbonyl (C=O) groups is 2. The van der Waals surface area contributed by atoms with Crippen molar-refractivity contribution in [1.82, 2.24) is 10.9 Å². The summed E-state index contributed by atoms with van der Waals surface area (Å²) in [7, 11) is 0. The average molecular weight is 348 g/mol. The number of carbonyl (C=O) groups excluding carboxylic acids is 2. The van der Waals surface area contributed by atoms with Crippen LogP contribution in [0.3, 0.4) is 0 Å². The molecule has 0 unspecified atom stereocenters. The average Bonchev–Trinajstić information content (AvgIpc) is 3.02. The van der Waals surface area contributed by atoms with E-state index in [0.717, 1.165) is 30.2 Å². The van der Waals surface area contributed by atoms with Gasteiger partial charge in [-0.15, -0.1) is 0 Å². The third-order valence-electron chi connectivity index (χ3n) is 4.95. The molecule has 3 aromatic rings. The van der Waals surface area contributed by atoms with Crippen molar-refractivity contribution in [2.75, 3.05) is 0 Å². The van der Waals surface area contributed by atoms with E-state index in [9.17, 15) is 9.59 Å². The van der Waals surface area contributed by atoms with Gasteiger partial charge in [-0.3, -0.25) is 20.4 Å². The van der Waals surface area contributed by atoms with Crippen molar-refractivity contribution in [3.63, 3.8) is 0 Å². The monoisotopic (exact) mass is 348 g/mol. The summed E-state index contributed by atoms with van der Waals surface area (Å²) in [5, 5.41) is 0.888. The smallest absolute Gasteiger partial charge is 0.305 e. The van der Waals surface area contributed by atoms with Crippen molar-refractivity contribution in [1.29, 1.82) is 0 Å². The van der Waals surface area contributed by atoms with E-state index in [1.807, 2.05) is 43.3 Å². The molecule has 0 saturated heterocycles. The van der Waals surface area contributed by atoms with Crippen molar-refractivity contribution >= 4 is 22.8 Å². The number of hydrogen-bond acceptors (Lipinski definition) is 3. The summed E-state index contributed by atoms with van der Waals surface area (Å²) in [4.78, 5) is 24.8. The summed E-state index contributed by atoms with van der Waals surface area (Å²) in [6, 6.07) is 13.2. The van der Waals surface area contributed by atoms with Gasteiger partial charge in [0.1, 0.15) is 5.58 Å². The molecule has 4 rings (SSSR count). The molecule has 0 saturated carbocycles. The highest BCUT2D eigenvalue weighted by molar-refractivity contribution is 6.01. The van der Waals surface area contributed by atoms with Crippen LogP contribution < -0.4 is 10.9 Å². The summed E-state index contributed by atoms with van der Waals surface area (Å²) in [5.74, 6) is -0.595. The molecule has 0 aliphatic heterocycles.